The van der Waals surface area contributed by atoms with Gasteiger partial charge in [0.2, 0.25) is 0 Å². The summed E-state index contributed by atoms with van der Waals surface area (Å²) < 4.78 is 0. The minimum absolute atomic E-state index is 0. The maximum absolute atomic E-state index is 2.30. The first-order valence-electron chi connectivity index (χ1n) is 13.8. The fraction of sp³-hybridized carbons (Fsp3) is 0.211. The van der Waals surface area contributed by atoms with Crippen LogP contribution in [0.1, 0.15) is 33.4 Å². The van der Waals surface area contributed by atoms with E-state index in [0.29, 0.717) is 0 Å². The van der Waals surface area contributed by atoms with Gasteiger partial charge in [-0.15, -0.1) is 69.1 Å². The van der Waals surface area contributed by atoms with Gasteiger partial charge in [-0.1, -0.05) is 97.7 Å². The molecule has 42 heavy (non-hydrogen) atoms. The number of benzene rings is 4. The molecule has 4 heteroatoms. The van der Waals surface area contributed by atoms with Crippen molar-refractivity contribution in [2.45, 2.75) is 54.6 Å². The van der Waals surface area contributed by atoms with Crippen molar-refractivity contribution in [2.75, 3.05) is 0 Å². The van der Waals surface area contributed by atoms with E-state index in [-0.39, 0.29) is 51.0 Å². The third-order valence-corrected chi connectivity index (χ3v) is 7.31. The van der Waals surface area contributed by atoms with Gasteiger partial charge >= 0.3 is 26.2 Å². The molecule has 0 amide bonds. The smallest absolute Gasteiger partial charge is 1.00 e. The molecular weight excluding hydrogens is 647 g/mol. The molecular formula is C38H40Cl2SiZr. The largest absolute Gasteiger partial charge is 4.00 e. The summed E-state index contributed by atoms with van der Waals surface area (Å²) in [6.45, 7) is 17.4. The van der Waals surface area contributed by atoms with Crippen LogP contribution in [0.25, 0.3) is 43.8 Å². The van der Waals surface area contributed by atoms with E-state index in [1.807, 2.05) is 0 Å². The quantitative estimate of drug-likeness (QED) is 0.176. The maximum Gasteiger partial charge on any atom is 4.00 e. The monoisotopic (exact) mass is 684 g/mol. The van der Waals surface area contributed by atoms with Gasteiger partial charge in [-0.2, -0.15) is 12.1 Å². The van der Waals surface area contributed by atoms with Crippen molar-refractivity contribution in [3.63, 3.8) is 0 Å². The molecule has 0 heterocycles. The summed E-state index contributed by atoms with van der Waals surface area (Å²) in [6, 6.07) is 35.3. The standard InChI is InChI=1S/2C18H17.C2H6Si.2ClH.Zr/c2*1-12-10-15-9-8-14(3)18(17(15)11-12)16-7-5-4-6-13(16)2;1-3-2;;;/h2*4-11H,1-3H3;1-2H3;2*1H;/q2*-1;;;;+4/p-2. The summed E-state index contributed by atoms with van der Waals surface area (Å²) >= 11 is 0. The molecule has 0 unspecified atom stereocenters. The Morgan fingerprint density at radius 1 is 0.476 bits per heavy atom. The molecule has 214 valence electrons. The maximum atomic E-state index is 2.30. The summed E-state index contributed by atoms with van der Waals surface area (Å²) in [5.74, 6) is 0. The zero-order valence-electron chi connectivity index (χ0n) is 26.0. The van der Waals surface area contributed by atoms with Gasteiger partial charge in [0, 0.05) is 9.52 Å². The fourth-order valence-electron chi connectivity index (χ4n) is 5.50. The first-order valence-corrected chi connectivity index (χ1v) is 15.8. The van der Waals surface area contributed by atoms with E-state index >= 15 is 0 Å². The van der Waals surface area contributed by atoms with Crippen molar-refractivity contribution in [3.05, 3.63) is 130 Å². The van der Waals surface area contributed by atoms with Crippen molar-refractivity contribution in [1.29, 1.82) is 0 Å². The molecule has 0 fully saturated rings. The van der Waals surface area contributed by atoms with Crippen molar-refractivity contribution < 1.29 is 51.0 Å². The second kappa shape index (κ2) is 17.2. The predicted molar refractivity (Wildman–Crippen MR) is 176 cm³/mol. The van der Waals surface area contributed by atoms with Gasteiger partial charge in [0.1, 0.15) is 0 Å². The molecule has 6 aromatic carbocycles. The van der Waals surface area contributed by atoms with Gasteiger partial charge in [-0.25, -0.2) is 0 Å². The minimum atomic E-state index is 0. The Balaban J connectivity index is 0.000000361. The molecule has 0 bridgehead atoms. The van der Waals surface area contributed by atoms with Crippen LogP contribution in [-0.4, -0.2) is 9.52 Å². The average molecular weight is 687 g/mol. The second-order valence-corrected chi connectivity index (χ2v) is 11.7. The van der Waals surface area contributed by atoms with E-state index < -0.39 is 0 Å². The van der Waals surface area contributed by atoms with E-state index in [4.69, 9.17) is 0 Å². The van der Waals surface area contributed by atoms with Crippen molar-refractivity contribution in [1.82, 2.24) is 0 Å². The van der Waals surface area contributed by atoms with Gasteiger partial charge in [-0.05, 0) is 49.9 Å². The van der Waals surface area contributed by atoms with Gasteiger partial charge in [-0.3, -0.25) is 0 Å². The van der Waals surface area contributed by atoms with E-state index in [1.54, 1.807) is 0 Å². The Bertz CT molecular complexity index is 1600. The van der Waals surface area contributed by atoms with Gasteiger partial charge in [0.05, 0.1) is 0 Å². The van der Waals surface area contributed by atoms with E-state index in [2.05, 4.69) is 152 Å². The topological polar surface area (TPSA) is 0 Å². The zero-order chi connectivity index (χ0) is 28.1. The Morgan fingerprint density at radius 3 is 1.14 bits per heavy atom. The molecule has 0 aliphatic heterocycles. The van der Waals surface area contributed by atoms with Crippen LogP contribution in [-0.2, 0) is 26.2 Å². The predicted octanol–water partition coefficient (Wildman–Crippen LogP) is 5.09. The SMILES string of the molecule is C[Si]C.Cc1cc2c(-c3ccccc3C)c(C)ccc2[cH-]1.Cc1cc2c(-c3ccccc3C)c(C)ccc2[cH-]1.[Cl-].[Cl-].[Zr+4]. The average Bonchev–Trinajstić information content (AvgIpc) is 3.47. The van der Waals surface area contributed by atoms with Gasteiger partial charge in [0.25, 0.3) is 0 Å². The van der Waals surface area contributed by atoms with Gasteiger partial charge in [0.15, 0.2) is 0 Å². The first kappa shape index (κ1) is 37.8. The molecule has 0 nitrogen and oxygen atoms in total. The first-order chi connectivity index (χ1) is 18.7. The molecule has 0 atom stereocenters. The molecule has 2 radical (unpaired) electrons. The van der Waals surface area contributed by atoms with Crippen LogP contribution in [0.3, 0.4) is 0 Å². The third kappa shape index (κ3) is 8.45. The van der Waals surface area contributed by atoms with E-state index in [1.165, 1.54) is 77.2 Å². The molecule has 0 spiro atoms. The van der Waals surface area contributed by atoms with Crippen molar-refractivity contribution in [2.24, 2.45) is 0 Å². The van der Waals surface area contributed by atoms with Crippen LogP contribution in [0.2, 0.25) is 13.1 Å². The molecule has 6 rings (SSSR count). The molecule has 0 aliphatic carbocycles. The Kier molecular flexibility index (Phi) is 15.5. The Morgan fingerprint density at radius 2 is 0.810 bits per heavy atom. The summed E-state index contributed by atoms with van der Waals surface area (Å²) in [5, 5.41) is 5.44. The molecule has 0 aromatic heterocycles. The van der Waals surface area contributed by atoms with Crippen LogP contribution < -0.4 is 24.8 Å². The molecule has 6 aromatic rings. The normalized spacial score (nSPS) is 9.90. The van der Waals surface area contributed by atoms with Crippen LogP contribution in [0, 0.1) is 41.5 Å². The number of fused-ring (bicyclic) bond motifs is 2. The Hall–Kier alpha value is -2.22. The number of rotatable bonds is 2. The number of hydrogen-bond acceptors (Lipinski definition) is 0. The minimum Gasteiger partial charge on any atom is -1.00 e. The number of halogens is 2. The summed E-state index contributed by atoms with van der Waals surface area (Å²) in [5.41, 5.74) is 13.5. The summed E-state index contributed by atoms with van der Waals surface area (Å²) in [6.07, 6.45) is 0. The molecule has 0 aliphatic rings. The van der Waals surface area contributed by atoms with Crippen LogP contribution >= 0.6 is 0 Å². The Labute approximate surface area is 287 Å². The fourth-order valence-corrected chi connectivity index (χ4v) is 5.50. The van der Waals surface area contributed by atoms with Crippen LogP contribution in [0.15, 0.2) is 97.1 Å². The zero-order valence-corrected chi connectivity index (χ0v) is 31.0. The molecule has 0 saturated heterocycles. The number of aryl methyl sites for hydroxylation is 6. The molecule has 0 N–H and O–H groups in total. The van der Waals surface area contributed by atoms with Gasteiger partial charge < -0.3 is 24.8 Å². The second-order valence-electron chi connectivity index (χ2n) is 10.7. The van der Waals surface area contributed by atoms with Crippen molar-refractivity contribution >= 4 is 31.1 Å². The van der Waals surface area contributed by atoms with Crippen molar-refractivity contribution in [3.8, 4) is 22.3 Å². The van der Waals surface area contributed by atoms with E-state index in [9.17, 15) is 0 Å². The molecule has 0 saturated carbocycles. The summed E-state index contributed by atoms with van der Waals surface area (Å²) in [7, 11) is 1.08. The van der Waals surface area contributed by atoms with Crippen LogP contribution in [0.5, 0.6) is 0 Å². The van der Waals surface area contributed by atoms with Crippen LogP contribution in [0.4, 0.5) is 0 Å². The number of hydrogen-bond donors (Lipinski definition) is 0. The summed E-state index contributed by atoms with van der Waals surface area (Å²) in [4.78, 5) is 0. The third-order valence-electron chi connectivity index (χ3n) is 7.31. The van der Waals surface area contributed by atoms with E-state index in [0.717, 1.165) is 9.52 Å².